The van der Waals surface area contributed by atoms with Crippen molar-refractivity contribution in [1.29, 1.82) is 0 Å². The van der Waals surface area contributed by atoms with Crippen LogP contribution in [0, 0.1) is 11.8 Å². The lowest BCUT2D eigenvalue weighted by atomic mass is 10.2. The summed E-state index contributed by atoms with van der Waals surface area (Å²) in [7, 11) is 0. The van der Waals surface area contributed by atoms with E-state index in [0.717, 1.165) is 6.42 Å². The molecule has 0 saturated carbocycles. The highest BCUT2D eigenvalue weighted by Gasteiger charge is 1.83. The lowest BCUT2D eigenvalue weighted by Gasteiger charge is -1.90. The minimum absolute atomic E-state index is 0. The fourth-order valence-electron chi connectivity index (χ4n) is 0.833. The zero-order chi connectivity index (χ0) is 7.94. The van der Waals surface area contributed by atoms with Gasteiger partial charge in [-0.1, -0.05) is 42.2 Å². The van der Waals surface area contributed by atoms with E-state index in [0.29, 0.717) is 6.54 Å². The van der Waals surface area contributed by atoms with Crippen molar-refractivity contribution >= 4 is 17.0 Å². The van der Waals surface area contributed by atoms with Crippen molar-refractivity contribution in [3.63, 3.8) is 0 Å². The highest BCUT2D eigenvalue weighted by atomic mass is 79.9. The van der Waals surface area contributed by atoms with Crippen LogP contribution in [0.3, 0.4) is 0 Å². The van der Waals surface area contributed by atoms with Gasteiger partial charge in [0.1, 0.15) is 0 Å². The first-order valence-corrected chi connectivity index (χ1v) is 3.63. The Bertz CT molecular complexity index is 258. The molecule has 2 heteroatoms. The Morgan fingerprint density at radius 1 is 1.08 bits per heavy atom. The van der Waals surface area contributed by atoms with Gasteiger partial charge < -0.3 is 5.73 Å². The predicted molar refractivity (Wildman–Crippen MR) is 57.3 cm³/mol. The minimum atomic E-state index is 0. The van der Waals surface area contributed by atoms with Crippen LogP contribution in [0.25, 0.3) is 0 Å². The van der Waals surface area contributed by atoms with Crippen molar-refractivity contribution in [2.24, 2.45) is 5.73 Å². The molecule has 0 amide bonds. The molecule has 1 nitrogen and oxygen atoms in total. The first-order valence-electron chi connectivity index (χ1n) is 3.63. The van der Waals surface area contributed by atoms with Gasteiger partial charge in [0.15, 0.2) is 0 Å². The Hall–Kier alpha value is -0.780. The van der Waals surface area contributed by atoms with E-state index in [1.165, 1.54) is 5.56 Å². The van der Waals surface area contributed by atoms with Crippen LogP contribution >= 0.6 is 17.0 Å². The molecule has 0 unspecified atom stereocenters. The molecule has 1 rings (SSSR count). The van der Waals surface area contributed by atoms with Crippen LogP contribution in [0.4, 0.5) is 0 Å². The van der Waals surface area contributed by atoms with Crippen molar-refractivity contribution < 1.29 is 0 Å². The molecule has 1 aromatic rings. The fourth-order valence-corrected chi connectivity index (χ4v) is 0.833. The molecular weight excluding hydrogens is 214 g/mol. The topological polar surface area (TPSA) is 26.0 Å². The zero-order valence-corrected chi connectivity index (χ0v) is 8.50. The highest BCUT2D eigenvalue weighted by molar-refractivity contribution is 8.93. The zero-order valence-electron chi connectivity index (χ0n) is 6.79. The summed E-state index contributed by atoms with van der Waals surface area (Å²) < 4.78 is 0. The van der Waals surface area contributed by atoms with Crippen LogP contribution in [0.2, 0.25) is 0 Å². The normalized spacial score (nSPS) is 7.75. The fraction of sp³-hybridized carbons (Fsp3) is 0.200. The smallest absolute Gasteiger partial charge is 0.0551 e. The summed E-state index contributed by atoms with van der Waals surface area (Å²) in [6.45, 7) is 0.451. The summed E-state index contributed by atoms with van der Waals surface area (Å²) in [6, 6.07) is 10.1. The van der Waals surface area contributed by atoms with Gasteiger partial charge in [-0.05, 0) is 5.56 Å². The molecule has 0 bridgehead atoms. The predicted octanol–water partition coefficient (Wildman–Crippen LogP) is 1.77. The van der Waals surface area contributed by atoms with Gasteiger partial charge in [-0.15, -0.1) is 17.0 Å². The van der Waals surface area contributed by atoms with E-state index < -0.39 is 0 Å². The van der Waals surface area contributed by atoms with E-state index in [1.54, 1.807) is 0 Å². The summed E-state index contributed by atoms with van der Waals surface area (Å²) in [5.74, 6) is 5.80. The SMILES string of the molecule is Br.NCC#CCc1ccccc1. The molecule has 0 aromatic heterocycles. The lowest BCUT2D eigenvalue weighted by molar-refractivity contribution is 1.27. The molecule has 0 atom stereocenters. The third-order valence-electron chi connectivity index (χ3n) is 1.36. The Morgan fingerprint density at radius 3 is 2.33 bits per heavy atom. The molecule has 2 N–H and O–H groups in total. The molecular formula is C10H12BrN. The van der Waals surface area contributed by atoms with E-state index in [2.05, 4.69) is 24.0 Å². The van der Waals surface area contributed by atoms with Crippen molar-refractivity contribution in [2.75, 3.05) is 6.54 Å². The third-order valence-corrected chi connectivity index (χ3v) is 1.36. The second kappa shape index (κ2) is 6.90. The maximum Gasteiger partial charge on any atom is 0.0551 e. The molecule has 0 fully saturated rings. The number of hydrogen-bond donors (Lipinski definition) is 1. The van der Waals surface area contributed by atoms with Gasteiger partial charge >= 0.3 is 0 Å². The molecule has 0 radical (unpaired) electrons. The van der Waals surface area contributed by atoms with Gasteiger partial charge in [0.2, 0.25) is 0 Å². The molecule has 64 valence electrons. The Labute approximate surface area is 83.7 Å². The average Bonchev–Trinajstić information content (AvgIpc) is 2.07. The first kappa shape index (κ1) is 11.2. The number of nitrogens with two attached hydrogens (primary N) is 1. The maximum absolute atomic E-state index is 5.22. The van der Waals surface area contributed by atoms with Crippen LogP contribution < -0.4 is 5.73 Å². The summed E-state index contributed by atoms with van der Waals surface area (Å²) in [4.78, 5) is 0. The second-order valence-electron chi connectivity index (χ2n) is 2.22. The number of benzene rings is 1. The molecule has 1 aromatic carbocycles. The largest absolute Gasteiger partial charge is 0.320 e. The number of halogens is 1. The second-order valence-corrected chi connectivity index (χ2v) is 2.22. The molecule has 0 aliphatic carbocycles. The van der Waals surface area contributed by atoms with Crippen LogP contribution in [-0.2, 0) is 6.42 Å². The Balaban J connectivity index is 0.00000121. The van der Waals surface area contributed by atoms with Crippen LogP contribution in [0.1, 0.15) is 5.56 Å². The van der Waals surface area contributed by atoms with Crippen LogP contribution in [0.15, 0.2) is 30.3 Å². The number of rotatable bonds is 1. The van der Waals surface area contributed by atoms with E-state index in [-0.39, 0.29) is 17.0 Å². The Morgan fingerprint density at radius 2 is 1.75 bits per heavy atom. The molecule has 12 heavy (non-hydrogen) atoms. The monoisotopic (exact) mass is 225 g/mol. The van der Waals surface area contributed by atoms with E-state index in [9.17, 15) is 0 Å². The summed E-state index contributed by atoms with van der Waals surface area (Å²) >= 11 is 0. The van der Waals surface area contributed by atoms with Gasteiger partial charge in [0, 0.05) is 6.42 Å². The van der Waals surface area contributed by atoms with Crippen LogP contribution in [-0.4, -0.2) is 6.54 Å². The van der Waals surface area contributed by atoms with Gasteiger partial charge in [0.25, 0.3) is 0 Å². The molecule has 0 aliphatic rings. The van der Waals surface area contributed by atoms with Crippen molar-refractivity contribution in [1.82, 2.24) is 0 Å². The quantitative estimate of drug-likeness (QED) is 0.725. The molecule has 0 aliphatic heterocycles. The Kier molecular flexibility index (Phi) is 6.45. The van der Waals surface area contributed by atoms with Gasteiger partial charge in [0.05, 0.1) is 6.54 Å². The van der Waals surface area contributed by atoms with Crippen LogP contribution in [0.5, 0.6) is 0 Å². The van der Waals surface area contributed by atoms with E-state index in [4.69, 9.17) is 5.73 Å². The standard InChI is InChI=1S/C10H11N.BrH/c11-9-5-4-8-10-6-2-1-3-7-10;/h1-3,6-7H,8-9,11H2;1H. The molecule has 0 saturated heterocycles. The minimum Gasteiger partial charge on any atom is -0.320 e. The average molecular weight is 226 g/mol. The van der Waals surface area contributed by atoms with Gasteiger partial charge in [-0.25, -0.2) is 0 Å². The molecule has 0 heterocycles. The van der Waals surface area contributed by atoms with Crippen molar-refractivity contribution in [3.05, 3.63) is 35.9 Å². The lowest BCUT2D eigenvalue weighted by Crippen LogP contribution is -1.93. The first-order chi connectivity index (χ1) is 5.43. The summed E-state index contributed by atoms with van der Waals surface area (Å²) in [5, 5.41) is 0. The van der Waals surface area contributed by atoms with Gasteiger partial charge in [-0.3, -0.25) is 0 Å². The van der Waals surface area contributed by atoms with E-state index >= 15 is 0 Å². The highest BCUT2D eigenvalue weighted by Crippen LogP contribution is 1.97. The maximum atomic E-state index is 5.22. The van der Waals surface area contributed by atoms with Gasteiger partial charge in [-0.2, -0.15) is 0 Å². The third kappa shape index (κ3) is 4.17. The molecule has 0 spiro atoms. The van der Waals surface area contributed by atoms with Crippen molar-refractivity contribution in [3.8, 4) is 11.8 Å². The van der Waals surface area contributed by atoms with Crippen molar-refractivity contribution in [2.45, 2.75) is 6.42 Å². The van der Waals surface area contributed by atoms with E-state index in [1.807, 2.05) is 18.2 Å². The summed E-state index contributed by atoms with van der Waals surface area (Å²) in [6.07, 6.45) is 0.804. The summed E-state index contributed by atoms with van der Waals surface area (Å²) in [5.41, 5.74) is 6.46. The number of hydrogen-bond acceptors (Lipinski definition) is 1.